The van der Waals surface area contributed by atoms with Crippen molar-refractivity contribution in [1.82, 2.24) is 4.57 Å². The monoisotopic (exact) mass is 1020 g/mol. The Morgan fingerprint density at radius 3 is 2.09 bits per heavy atom. The van der Waals surface area contributed by atoms with E-state index < -0.39 is 8.07 Å². The topological polar surface area (TPSA) is 12.7 Å². The first-order valence-electron chi connectivity index (χ1n) is 29.1. The summed E-state index contributed by atoms with van der Waals surface area (Å²) in [6.45, 7) is 22.9. The fourth-order valence-corrected chi connectivity index (χ4v) is 17.7. The van der Waals surface area contributed by atoms with Gasteiger partial charge in [-0.3, -0.25) is 0 Å². The van der Waals surface area contributed by atoms with Crippen molar-refractivity contribution in [2.75, 3.05) is 0 Å². The molecule has 2 aliphatic heterocycles. The van der Waals surface area contributed by atoms with Gasteiger partial charge in [0.15, 0.2) is 22.9 Å². The van der Waals surface area contributed by atoms with Crippen LogP contribution < -0.4 is 14.3 Å². The molecule has 0 radical (unpaired) electrons. The number of fused-ring (bicyclic) bond motifs is 15. The molecule has 0 N–H and O–H groups in total. The number of pyridine rings is 1. The van der Waals surface area contributed by atoms with Gasteiger partial charge in [0.05, 0.1) is 24.3 Å². The van der Waals surface area contributed by atoms with Crippen LogP contribution in [0.4, 0.5) is 0 Å². The molecular weight excluding hydrogens is 943 g/mol. The van der Waals surface area contributed by atoms with Crippen molar-refractivity contribution in [2.24, 2.45) is 5.92 Å². The lowest BCUT2D eigenvalue weighted by atomic mass is 9.78. The average molecular weight is 1020 g/mol. The van der Waals surface area contributed by atoms with Gasteiger partial charge in [0.2, 0.25) is 11.7 Å². The highest BCUT2D eigenvalue weighted by atomic mass is 32.1. The van der Waals surface area contributed by atoms with Crippen LogP contribution in [0.3, 0.4) is 0 Å². The van der Waals surface area contributed by atoms with Gasteiger partial charge in [-0.25, -0.2) is 0 Å². The van der Waals surface area contributed by atoms with Crippen LogP contribution in [-0.2, 0) is 12.8 Å². The number of benzene rings is 6. The van der Waals surface area contributed by atoms with E-state index in [2.05, 4.69) is 195 Å². The van der Waals surface area contributed by atoms with Crippen molar-refractivity contribution in [1.29, 1.82) is 0 Å². The van der Waals surface area contributed by atoms with E-state index in [1.54, 1.807) is 10.8 Å². The van der Waals surface area contributed by atoms with E-state index >= 15 is 0 Å². The van der Waals surface area contributed by atoms with Crippen molar-refractivity contribution >= 4 is 61.5 Å². The average Bonchev–Trinajstić information content (AvgIpc) is 3.98. The van der Waals surface area contributed by atoms with Gasteiger partial charge in [-0.05, 0) is 132 Å². The number of thiophene rings is 1. The van der Waals surface area contributed by atoms with Crippen molar-refractivity contribution < 1.29 is 9.13 Å². The molecule has 13 rings (SSSR count). The number of nitrogens with zero attached hydrogens (tertiary/aromatic N) is 3. The third kappa shape index (κ3) is 8.33. The van der Waals surface area contributed by atoms with Gasteiger partial charge < -0.3 is 0 Å². The molecule has 0 amide bonds. The number of hydrogen-bond donors (Lipinski definition) is 0. The van der Waals surface area contributed by atoms with Gasteiger partial charge in [0.1, 0.15) is 5.69 Å². The summed E-state index contributed by atoms with van der Waals surface area (Å²) in [5, 5.41) is 4.38. The molecule has 3 nitrogen and oxygen atoms in total. The minimum atomic E-state index is -1.82. The van der Waals surface area contributed by atoms with E-state index in [0.717, 1.165) is 24.5 Å². The van der Waals surface area contributed by atoms with Crippen LogP contribution in [0.5, 0.6) is 0 Å². The van der Waals surface area contributed by atoms with Gasteiger partial charge >= 0.3 is 5.82 Å². The number of hydrogen-bond acceptors (Lipinski definition) is 1. The van der Waals surface area contributed by atoms with E-state index in [1.165, 1.54) is 169 Å². The molecule has 2 fully saturated rings. The lowest BCUT2D eigenvalue weighted by Gasteiger charge is -2.33. The number of aromatic nitrogens is 3. The van der Waals surface area contributed by atoms with E-state index in [1.807, 2.05) is 11.3 Å². The van der Waals surface area contributed by atoms with Crippen molar-refractivity contribution in [2.45, 2.75) is 161 Å². The Balaban J connectivity index is 1.14. The number of aryl methyl sites for hydroxylation is 1. The summed E-state index contributed by atoms with van der Waals surface area (Å²) in [6, 6.07) is 50.2. The number of imidazole rings is 1. The third-order valence-electron chi connectivity index (χ3n) is 18.5. The Labute approximate surface area is 452 Å². The maximum atomic E-state index is 5.49. The Kier molecular flexibility index (Phi) is 12.5. The smallest absolute Gasteiger partial charge is 0.187 e. The normalized spacial score (nSPS) is 18.4. The molecule has 0 saturated heterocycles. The second kappa shape index (κ2) is 19.3. The molecule has 0 spiro atoms. The highest BCUT2D eigenvalue weighted by Crippen LogP contribution is 2.51. The number of para-hydroxylation sites is 2. The Morgan fingerprint density at radius 2 is 1.36 bits per heavy atom. The minimum absolute atomic E-state index is 0.00315. The van der Waals surface area contributed by atoms with E-state index in [-0.39, 0.29) is 23.8 Å². The fraction of sp³-hybridized carbons (Fsp3) is 0.371. The zero-order valence-corrected chi connectivity index (χ0v) is 47.6. The zero-order chi connectivity index (χ0) is 51.3. The van der Waals surface area contributed by atoms with Crippen LogP contribution in [0.1, 0.15) is 161 Å². The minimum Gasteiger partial charge on any atom is -0.187 e. The maximum absolute atomic E-state index is 5.49. The molecule has 2 saturated carbocycles. The Bertz CT molecular complexity index is 3650. The summed E-state index contributed by atoms with van der Waals surface area (Å²) in [6.07, 6.45) is 19.4. The summed E-state index contributed by atoms with van der Waals surface area (Å²) < 4.78 is 11.0. The lowest BCUT2D eigenvalue weighted by Crippen LogP contribution is -2.54. The highest BCUT2D eigenvalue weighted by molar-refractivity contribution is 7.26. The first-order valence-corrected chi connectivity index (χ1v) is 33.4. The molecule has 2 aliphatic carbocycles. The second-order valence-electron chi connectivity index (χ2n) is 25.0. The molecule has 3 aromatic heterocycles. The van der Waals surface area contributed by atoms with E-state index in [4.69, 9.17) is 6.58 Å². The van der Waals surface area contributed by atoms with Gasteiger partial charge in [0, 0.05) is 43.4 Å². The van der Waals surface area contributed by atoms with Crippen LogP contribution in [0, 0.1) is 5.92 Å². The summed E-state index contributed by atoms with van der Waals surface area (Å²) in [5.41, 5.74) is 20.5. The van der Waals surface area contributed by atoms with Crippen molar-refractivity contribution in [3.05, 3.63) is 174 Å². The Hall–Kier alpha value is -5.88. The summed E-state index contributed by atoms with van der Waals surface area (Å²) >= 11 is 2.04. The molecule has 380 valence electrons. The van der Waals surface area contributed by atoms with Crippen LogP contribution in [-0.4, -0.2) is 12.6 Å². The largest absolute Gasteiger partial charge is 0.302 e. The van der Waals surface area contributed by atoms with E-state index in [9.17, 15) is 0 Å². The second-order valence-corrected chi connectivity index (χ2v) is 31.1. The molecule has 9 aromatic rings. The summed E-state index contributed by atoms with van der Waals surface area (Å²) in [5.74, 6) is 3.43. The van der Waals surface area contributed by atoms with Crippen LogP contribution in [0.2, 0.25) is 19.6 Å². The Morgan fingerprint density at radius 1 is 0.680 bits per heavy atom. The first kappa shape index (κ1) is 48.7. The van der Waals surface area contributed by atoms with Gasteiger partial charge in [-0.2, -0.15) is 13.7 Å². The summed E-state index contributed by atoms with van der Waals surface area (Å²) in [7, 11) is -1.82. The molecule has 5 heteroatoms. The molecule has 2 atom stereocenters. The van der Waals surface area contributed by atoms with Crippen molar-refractivity contribution in [3.63, 3.8) is 0 Å². The van der Waals surface area contributed by atoms with Gasteiger partial charge in [0.25, 0.3) is 0 Å². The molecule has 0 bridgehead atoms. The standard InChI is InChI=1S/C70H77N3SSi/c1-44(2)59-39-52(49-26-16-11-17-27-49)40-60(45(3)4)68(59)73-62-31-21-20-30-61(62)72-46(5)67-57(54-28-18-19-29-55(54)63-41-53(38-47-22-12-9-13-23-47)65(43-71(63)67)75(6,7)8)36-32-50-33-37-58-56-35-34-51(48-24-14-10-15-25-48)42-64(56)74-69(58)66(50)70(72)73/h11,16-21,26-31,33-35,37,39-45,47-48,57,67H,5,9-10,12-15,22-25,32,36,38H2,1-4,6-8H3/q+2. The van der Waals surface area contributed by atoms with Crippen molar-refractivity contribution in [3.8, 4) is 39.5 Å². The molecule has 6 aromatic carbocycles. The lowest BCUT2D eigenvalue weighted by molar-refractivity contribution is -0.704. The van der Waals surface area contributed by atoms with Crippen LogP contribution >= 0.6 is 11.3 Å². The van der Waals surface area contributed by atoms with Crippen LogP contribution in [0.15, 0.2) is 140 Å². The van der Waals surface area contributed by atoms with E-state index in [0.29, 0.717) is 5.92 Å². The quantitative estimate of drug-likeness (QED) is 0.106. The van der Waals surface area contributed by atoms with Gasteiger partial charge in [-0.15, -0.1) is 11.3 Å². The highest BCUT2D eigenvalue weighted by Gasteiger charge is 2.49. The fourth-order valence-electron chi connectivity index (χ4n) is 14.7. The molecule has 5 heterocycles. The molecule has 2 unspecified atom stereocenters. The predicted molar refractivity (Wildman–Crippen MR) is 322 cm³/mol. The first-order chi connectivity index (χ1) is 36.4. The molecule has 75 heavy (non-hydrogen) atoms. The zero-order valence-electron chi connectivity index (χ0n) is 45.8. The number of rotatable bonds is 8. The third-order valence-corrected chi connectivity index (χ3v) is 21.7. The van der Waals surface area contributed by atoms with Gasteiger partial charge in [-0.1, -0.05) is 184 Å². The summed E-state index contributed by atoms with van der Waals surface area (Å²) in [4.78, 5) is 0. The maximum Gasteiger partial charge on any atom is 0.302 e. The van der Waals surface area contributed by atoms with Crippen LogP contribution in [0.25, 0.3) is 76.4 Å². The SMILES string of the molecule is C=C1C2C(CCc3ccc4c(sc5cc(C6CCCCC6)ccc54)c3-c3n1c1ccccc1[n+]3-c1c(C(C)C)cc(-c3ccccc3)cc1C(C)C)c1ccccc1-c1cc(CC3CCCCC3)c([Si](C)(C)C)c[n+]12. The molecule has 4 aliphatic rings. The number of allylic oxidation sites excluding steroid dienone is 1. The molecular formula is C70H77N3SSi+2. The predicted octanol–water partition coefficient (Wildman–Crippen LogP) is 18.3.